The number of nitrogens with two attached hydrogens (primary N) is 1. The second kappa shape index (κ2) is 8.62. The molecule has 0 aliphatic carbocycles. The molecule has 1 aromatic carbocycles. The molecule has 0 aliphatic heterocycles. The number of nitrogens with one attached hydrogen (secondary N) is 3. The second-order valence-electron chi connectivity index (χ2n) is 7.54. The van der Waals surface area contributed by atoms with Gasteiger partial charge in [0.15, 0.2) is 17.5 Å². The van der Waals surface area contributed by atoms with E-state index in [-0.39, 0.29) is 11.9 Å². The van der Waals surface area contributed by atoms with Crippen LogP contribution in [0.1, 0.15) is 23.1 Å². The number of aromatic nitrogens is 7. The molecule has 0 saturated heterocycles. The van der Waals surface area contributed by atoms with E-state index in [0.29, 0.717) is 46.7 Å². The van der Waals surface area contributed by atoms with Crippen molar-refractivity contribution in [3.05, 3.63) is 66.2 Å². The smallest absolute Gasteiger partial charge is 0.251 e. The molecule has 5 N–H and O–H groups in total. The van der Waals surface area contributed by atoms with Gasteiger partial charge in [0.1, 0.15) is 17.2 Å². The topological polar surface area (TPSA) is 152 Å². The fraction of sp³-hybridized carbons (Fsp3) is 0.130. The van der Waals surface area contributed by atoms with Crippen LogP contribution < -0.4 is 16.4 Å². The van der Waals surface area contributed by atoms with Crippen LogP contribution in [0.4, 0.5) is 17.6 Å². The van der Waals surface area contributed by atoms with Crippen LogP contribution in [0.3, 0.4) is 0 Å². The zero-order valence-corrected chi connectivity index (χ0v) is 18.6. The lowest BCUT2D eigenvalue weighted by Gasteiger charge is -2.08. The molecular formula is C23H22N10O. The van der Waals surface area contributed by atoms with Crippen LogP contribution in [-0.2, 0) is 0 Å². The number of nitrogens with zero attached hydrogens (tertiary/aromatic N) is 6. The number of aromatic amines is 1. The normalized spacial score (nSPS) is 11.0. The van der Waals surface area contributed by atoms with Crippen molar-refractivity contribution in [3.63, 3.8) is 0 Å². The lowest BCUT2D eigenvalue weighted by atomic mass is 10.1. The predicted octanol–water partition coefficient (Wildman–Crippen LogP) is 2.96. The second-order valence-corrected chi connectivity index (χ2v) is 7.54. The molecule has 5 rings (SSSR count). The third-order valence-electron chi connectivity index (χ3n) is 5.16. The number of aryl methyl sites for hydroxylation is 1. The minimum absolute atomic E-state index is 0.0988. The van der Waals surface area contributed by atoms with Gasteiger partial charge in [-0.2, -0.15) is 15.1 Å². The van der Waals surface area contributed by atoms with Gasteiger partial charge < -0.3 is 16.4 Å². The number of imidazole rings is 1. The average molecular weight is 454 g/mol. The molecule has 11 heteroatoms. The Bertz CT molecular complexity index is 1450. The number of amides is 1. The summed E-state index contributed by atoms with van der Waals surface area (Å²) >= 11 is 0. The number of hydrogen-bond donors (Lipinski definition) is 4. The van der Waals surface area contributed by atoms with Gasteiger partial charge in [-0.15, -0.1) is 0 Å². The van der Waals surface area contributed by atoms with Gasteiger partial charge in [-0.1, -0.05) is 12.1 Å². The van der Waals surface area contributed by atoms with E-state index in [4.69, 9.17) is 10.7 Å². The van der Waals surface area contributed by atoms with E-state index in [0.717, 1.165) is 11.1 Å². The van der Waals surface area contributed by atoms with E-state index in [1.54, 1.807) is 31.3 Å². The maximum atomic E-state index is 12.1. The number of anilines is 3. The van der Waals surface area contributed by atoms with Crippen molar-refractivity contribution >= 4 is 29.1 Å². The molecule has 0 atom stereocenters. The van der Waals surface area contributed by atoms with Crippen LogP contribution in [0.15, 0.2) is 54.9 Å². The molecule has 4 aromatic heterocycles. The number of rotatable bonds is 6. The van der Waals surface area contributed by atoms with Gasteiger partial charge in [-0.05, 0) is 49.2 Å². The highest BCUT2D eigenvalue weighted by atomic mass is 16.1. The zero-order valence-electron chi connectivity index (χ0n) is 18.6. The van der Waals surface area contributed by atoms with Crippen molar-refractivity contribution in [2.75, 3.05) is 17.6 Å². The molecule has 0 fully saturated rings. The first-order valence-corrected chi connectivity index (χ1v) is 10.7. The van der Waals surface area contributed by atoms with Crippen LogP contribution in [0.25, 0.3) is 28.3 Å². The largest absolute Gasteiger partial charge is 0.368 e. The molecule has 0 unspecified atom stereocenters. The van der Waals surface area contributed by atoms with Crippen LogP contribution in [0.2, 0.25) is 0 Å². The summed E-state index contributed by atoms with van der Waals surface area (Å²) in [5.74, 6) is 2.04. The Kier molecular flexibility index (Phi) is 5.34. The highest BCUT2D eigenvalue weighted by molar-refractivity contribution is 5.94. The molecule has 11 nitrogen and oxygen atoms in total. The summed E-state index contributed by atoms with van der Waals surface area (Å²) in [6, 6.07) is 13.1. The molecule has 0 saturated carbocycles. The Balaban J connectivity index is 1.63. The summed E-state index contributed by atoms with van der Waals surface area (Å²) in [6.45, 7) is 4.23. The lowest BCUT2D eigenvalue weighted by molar-refractivity contribution is 0.0956. The van der Waals surface area contributed by atoms with Gasteiger partial charge in [-0.25, -0.2) is 9.97 Å². The van der Waals surface area contributed by atoms with Crippen LogP contribution in [0, 0.1) is 6.92 Å². The maximum absolute atomic E-state index is 12.1. The first-order chi connectivity index (χ1) is 16.5. The van der Waals surface area contributed by atoms with Gasteiger partial charge >= 0.3 is 0 Å². The Labute approximate surface area is 194 Å². The molecule has 170 valence electrons. The van der Waals surface area contributed by atoms with Gasteiger partial charge in [0, 0.05) is 30.6 Å². The van der Waals surface area contributed by atoms with Crippen molar-refractivity contribution in [2.24, 2.45) is 0 Å². The third-order valence-corrected chi connectivity index (χ3v) is 5.16. The fourth-order valence-corrected chi connectivity index (χ4v) is 3.65. The van der Waals surface area contributed by atoms with Crippen molar-refractivity contribution < 1.29 is 4.79 Å². The molecule has 0 spiro atoms. The van der Waals surface area contributed by atoms with E-state index < -0.39 is 0 Å². The fourth-order valence-electron chi connectivity index (χ4n) is 3.65. The number of nitrogen functional groups attached to an aromatic ring is 1. The molecule has 34 heavy (non-hydrogen) atoms. The molecule has 0 radical (unpaired) electrons. The molecular weight excluding hydrogens is 432 g/mol. The van der Waals surface area contributed by atoms with Crippen molar-refractivity contribution in [3.8, 4) is 22.6 Å². The molecule has 1 amide bonds. The van der Waals surface area contributed by atoms with Crippen LogP contribution in [0.5, 0.6) is 0 Å². The number of benzene rings is 1. The number of pyridine rings is 1. The SMILES string of the molecule is CCNC(=O)c1ccc(-c2ccc3nc(Nc4cc[nH]n4)c(-c4nc(C)nc(N)n4)n3c2)cc1. The predicted molar refractivity (Wildman–Crippen MR) is 128 cm³/mol. The number of carbonyl (C=O) groups is 1. The van der Waals surface area contributed by atoms with Crippen molar-refractivity contribution in [2.45, 2.75) is 13.8 Å². The standard InChI is InChI=1S/C23H22N10O/c1-3-25-22(34)15-6-4-14(5-7-15)16-8-9-18-30-21(29-17-10-11-26-32-17)19(33(18)12-16)20-27-13(2)28-23(24)31-20/h4-12H,3H2,1-2H3,(H,25,34)(H2,26,29,32)(H2,24,27,28,31). The zero-order chi connectivity index (χ0) is 23.7. The number of hydrogen-bond acceptors (Lipinski definition) is 8. The average Bonchev–Trinajstić information content (AvgIpc) is 3.46. The Hall–Kier alpha value is -4.80. The van der Waals surface area contributed by atoms with E-state index >= 15 is 0 Å². The minimum Gasteiger partial charge on any atom is -0.368 e. The Morgan fingerprint density at radius 2 is 1.82 bits per heavy atom. The van der Waals surface area contributed by atoms with E-state index in [9.17, 15) is 4.79 Å². The Morgan fingerprint density at radius 1 is 1.03 bits per heavy atom. The summed E-state index contributed by atoms with van der Waals surface area (Å²) in [4.78, 5) is 29.7. The summed E-state index contributed by atoms with van der Waals surface area (Å²) in [7, 11) is 0. The van der Waals surface area contributed by atoms with E-state index in [1.165, 1.54) is 0 Å². The number of fused-ring (bicyclic) bond motifs is 1. The minimum atomic E-state index is -0.0988. The highest BCUT2D eigenvalue weighted by Gasteiger charge is 2.19. The van der Waals surface area contributed by atoms with Crippen LogP contribution in [-0.4, -0.2) is 47.0 Å². The quantitative estimate of drug-likeness (QED) is 0.306. The van der Waals surface area contributed by atoms with Gasteiger partial charge in [0.2, 0.25) is 5.95 Å². The summed E-state index contributed by atoms with van der Waals surface area (Å²) in [5, 5.41) is 12.9. The lowest BCUT2D eigenvalue weighted by Crippen LogP contribution is -2.22. The maximum Gasteiger partial charge on any atom is 0.251 e. The number of carbonyl (C=O) groups excluding carboxylic acids is 1. The van der Waals surface area contributed by atoms with E-state index in [2.05, 4.69) is 35.8 Å². The first-order valence-electron chi connectivity index (χ1n) is 10.7. The number of H-pyrrole nitrogens is 1. The van der Waals surface area contributed by atoms with Crippen molar-refractivity contribution in [1.82, 2.24) is 39.9 Å². The van der Waals surface area contributed by atoms with Crippen LogP contribution >= 0.6 is 0 Å². The van der Waals surface area contributed by atoms with Gasteiger partial charge in [0.05, 0.1) is 0 Å². The summed E-state index contributed by atoms with van der Waals surface area (Å²) in [5.41, 5.74) is 9.71. The highest BCUT2D eigenvalue weighted by Crippen LogP contribution is 2.31. The van der Waals surface area contributed by atoms with Crippen molar-refractivity contribution in [1.29, 1.82) is 0 Å². The van der Waals surface area contributed by atoms with Gasteiger partial charge in [0.25, 0.3) is 5.91 Å². The van der Waals surface area contributed by atoms with Gasteiger partial charge in [-0.3, -0.25) is 14.3 Å². The first kappa shape index (κ1) is 21.1. The summed E-state index contributed by atoms with van der Waals surface area (Å²) in [6.07, 6.45) is 3.66. The molecule has 4 heterocycles. The molecule has 0 bridgehead atoms. The molecule has 0 aliphatic rings. The summed E-state index contributed by atoms with van der Waals surface area (Å²) < 4.78 is 1.90. The Morgan fingerprint density at radius 3 is 2.53 bits per heavy atom. The monoisotopic (exact) mass is 454 g/mol. The van der Waals surface area contributed by atoms with E-state index in [1.807, 2.05) is 41.8 Å². The molecule has 5 aromatic rings. The third kappa shape index (κ3) is 4.01.